The molecule has 0 amide bonds. The van der Waals surface area contributed by atoms with E-state index in [-0.39, 0.29) is 59.9 Å². The number of benzene rings is 2. The minimum absolute atomic E-state index is 0.0114. The Morgan fingerprint density at radius 2 is 1.52 bits per heavy atom. The molecule has 0 atom stereocenters. The van der Waals surface area contributed by atoms with E-state index in [0.717, 1.165) is 0 Å². The summed E-state index contributed by atoms with van der Waals surface area (Å²) in [5, 5.41) is 0. The Bertz CT molecular complexity index is 1690. The molecule has 0 fully saturated rings. The lowest BCUT2D eigenvalue weighted by molar-refractivity contribution is -0.147. The quantitative estimate of drug-likeness (QED) is 0.116. The van der Waals surface area contributed by atoms with E-state index in [1.54, 1.807) is 44.2 Å². The summed E-state index contributed by atoms with van der Waals surface area (Å²) < 4.78 is 48.7. The van der Waals surface area contributed by atoms with Crippen molar-refractivity contribution in [3.05, 3.63) is 78.6 Å². The lowest BCUT2D eigenvalue weighted by atomic mass is 9.87. The maximum absolute atomic E-state index is 11.8. The molecule has 0 spiro atoms. The van der Waals surface area contributed by atoms with Gasteiger partial charge in [0.15, 0.2) is 17.3 Å². The zero-order valence-electron chi connectivity index (χ0n) is 26.8. The fourth-order valence-electron chi connectivity index (χ4n) is 3.87. The van der Waals surface area contributed by atoms with E-state index in [9.17, 15) is 13.2 Å². The van der Waals surface area contributed by atoms with Crippen molar-refractivity contribution in [3.63, 3.8) is 0 Å². The van der Waals surface area contributed by atoms with Gasteiger partial charge < -0.3 is 18.9 Å². The molecule has 46 heavy (non-hydrogen) atoms. The number of esters is 1. The number of nitrogens with zero attached hydrogens (tertiary/aromatic N) is 5. The normalized spacial score (nSPS) is 10.8. The molecule has 12 nitrogen and oxygen atoms in total. The molecular weight excluding hydrogens is 610 g/mol. The predicted octanol–water partition coefficient (Wildman–Crippen LogP) is 6.91. The zero-order valence-corrected chi connectivity index (χ0v) is 27.7. The number of aromatic nitrogens is 4. The Hall–Kier alpha value is -4.91. The second-order valence-corrected chi connectivity index (χ2v) is 11.7. The minimum atomic E-state index is -2.86. The third-order valence-corrected chi connectivity index (χ3v) is 6.37. The van der Waals surface area contributed by atoms with Crippen molar-refractivity contribution in [3.8, 4) is 34.8 Å². The smallest absolute Gasteiger partial charge is 0.318 e. The van der Waals surface area contributed by atoms with Gasteiger partial charge in [0.25, 0.3) is 5.88 Å². The minimum Gasteiger partial charge on any atom is -0.493 e. The van der Waals surface area contributed by atoms with E-state index in [1.807, 2.05) is 0 Å². The maximum atomic E-state index is 11.8. The molecule has 0 N–H and O–H groups in total. The number of rotatable bonds is 12. The van der Waals surface area contributed by atoms with E-state index in [0.29, 0.717) is 24.0 Å². The van der Waals surface area contributed by atoms with Crippen LogP contribution in [0, 0.1) is 0 Å². The van der Waals surface area contributed by atoms with Gasteiger partial charge in [0, 0.05) is 18.8 Å². The molecule has 2 aromatic carbocycles. The molecule has 2 heterocycles. The van der Waals surface area contributed by atoms with Crippen molar-refractivity contribution in [1.29, 1.82) is 0 Å². The second-order valence-electron chi connectivity index (χ2n) is 11.1. The molecule has 0 aliphatic rings. The van der Waals surface area contributed by atoms with Gasteiger partial charge in [-0.05, 0) is 55.9 Å². The Labute approximate surface area is 270 Å². The summed E-state index contributed by atoms with van der Waals surface area (Å²) in [6, 6.07) is 18.9. The van der Waals surface area contributed by atoms with Crippen LogP contribution in [0.4, 0.5) is 5.82 Å². The number of unbranched alkanes of at least 4 members (excludes halogenated alkanes) is 1. The SMILES string of the molecule is CC(C)(C)c1ccccc1.COc1ccccc1Oc1c(N=S(=O)=O)nc(-c2ncccn2)nc1OCCCCC(=O)OC(C)C. The first-order chi connectivity index (χ1) is 22.0. The molecule has 0 aliphatic heterocycles. The van der Waals surface area contributed by atoms with E-state index >= 15 is 0 Å². The van der Waals surface area contributed by atoms with Crippen molar-refractivity contribution in [2.45, 2.75) is 65.4 Å². The van der Waals surface area contributed by atoms with Gasteiger partial charge in [-0.1, -0.05) is 63.2 Å². The highest BCUT2D eigenvalue weighted by atomic mass is 32.2. The summed E-state index contributed by atoms with van der Waals surface area (Å²) in [6.07, 6.45) is 4.03. The van der Waals surface area contributed by atoms with Crippen molar-refractivity contribution in [2.75, 3.05) is 13.7 Å². The van der Waals surface area contributed by atoms with Gasteiger partial charge in [0.2, 0.25) is 17.4 Å². The second kappa shape index (κ2) is 17.5. The lowest BCUT2D eigenvalue weighted by Gasteiger charge is -2.18. The largest absolute Gasteiger partial charge is 0.493 e. The molecule has 0 saturated heterocycles. The summed E-state index contributed by atoms with van der Waals surface area (Å²) in [4.78, 5) is 28.5. The van der Waals surface area contributed by atoms with Crippen LogP contribution in [0.2, 0.25) is 0 Å². The molecule has 0 radical (unpaired) electrons. The summed E-state index contributed by atoms with van der Waals surface area (Å²) in [5.41, 5.74) is 1.69. The standard InChI is InChI=1S/C23H25N5O7S.C10H14/c1-15(2)34-18(29)11-6-7-14-33-23-19(35-17-10-5-4-9-16(17)32-3)20(28-36(30)31)26-22(27-23)21-24-12-8-13-25-21;1-10(2,3)9-7-5-4-6-8-9/h4-5,8-10,12-13,15H,6-7,11,14H2,1-3H3;4-8H,1-3H3. The number of carbonyl (C=O) groups is 1. The lowest BCUT2D eigenvalue weighted by Crippen LogP contribution is -2.11. The maximum Gasteiger partial charge on any atom is 0.318 e. The van der Waals surface area contributed by atoms with Gasteiger partial charge in [-0.25, -0.2) is 15.0 Å². The van der Waals surface area contributed by atoms with Crippen molar-refractivity contribution in [2.24, 2.45) is 4.36 Å². The number of hydrogen-bond donors (Lipinski definition) is 0. The fraction of sp³-hybridized carbons (Fsp3) is 0.364. The Kier molecular flexibility index (Phi) is 13.6. The van der Waals surface area contributed by atoms with Gasteiger partial charge in [0.1, 0.15) is 0 Å². The summed E-state index contributed by atoms with van der Waals surface area (Å²) in [7, 11) is -1.39. The zero-order chi connectivity index (χ0) is 33.5. The van der Waals surface area contributed by atoms with Crippen LogP contribution in [0.25, 0.3) is 11.6 Å². The molecular formula is C33H39N5O7S. The molecule has 4 aromatic rings. The van der Waals surface area contributed by atoms with E-state index < -0.39 is 10.5 Å². The number of hydrogen-bond acceptors (Lipinski definition) is 12. The fourth-order valence-corrected chi connectivity index (χ4v) is 4.13. The monoisotopic (exact) mass is 649 g/mol. The van der Waals surface area contributed by atoms with Crippen molar-refractivity contribution >= 4 is 22.3 Å². The molecule has 2 aromatic heterocycles. The van der Waals surface area contributed by atoms with Gasteiger partial charge in [-0.15, -0.1) is 4.36 Å². The molecule has 0 saturated carbocycles. The highest BCUT2D eigenvalue weighted by molar-refractivity contribution is 7.61. The van der Waals surface area contributed by atoms with Crippen LogP contribution in [-0.4, -0.2) is 54.1 Å². The first kappa shape index (κ1) is 35.6. The van der Waals surface area contributed by atoms with Crippen LogP contribution in [0.3, 0.4) is 0 Å². The van der Waals surface area contributed by atoms with Crippen LogP contribution in [-0.2, 0) is 25.4 Å². The molecule has 13 heteroatoms. The van der Waals surface area contributed by atoms with Gasteiger partial charge >= 0.3 is 16.5 Å². The first-order valence-electron chi connectivity index (χ1n) is 14.7. The molecule has 244 valence electrons. The Morgan fingerprint density at radius 3 is 2.11 bits per heavy atom. The first-order valence-corrected chi connectivity index (χ1v) is 15.7. The van der Waals surface area contributed by atoms with Crippen LogP contribution in [0.1, 0.15) is 59.4 Å². The number of carbonyl (C=O) groups excluding carboxylic acids is 1. The molecule has 0 unspecified atom stereocenters. The average Bonchev–Trinajstić information content (AvgIpc) is 3.02. The van der Waals surface area contributed by atoms with Crippen LogP contribution >= 0.6 is 0 Å². The van der Waals surface area contributed by atoms with Crippen LogP contribution < -0.4 is 14.2 Å². The van der Waals surface area contributed by atoms with E-state index in [4.69, 9.17) is 18.9 Å². The van der Waals surface area contributed by atoms with Crippen LogP contribution in [0.5, 0.6) is 23.1 Å². The molecule has 0 bridgehead atoms. The van der Waals surface area contributed by atoms with Gasteiger partial charge in [-0.2, -0.15) is 13.4 Å². The van der Waals surface area contributed by atoms with E-state index in [1.165, 1.54) is 25.1 Å². The Balaban J connectivity index is 0.000000489. The van der Waals surface area contributed by atoms with Crippen molar-refractivity contribution < 1.29 is 32.2 Å². The molecule has 4 rings (SSSR count). The third-order valence-electron chi connectivity index (χ3n) is 6.05. The van der Waals surface area contributed by atoms with Crippen molar-refractivity contribution in [1.82, 2.24) is 19.9 Å². The van der Waals surface area contributed by atoms with E-state index in [2.05, 4.69) is 75.4 Å². The summed E-state index contributed by atoms with van der Waals surface area (Å²) >= 11 is 0. The number of methoxy groups -OCH3 is 1. The predicted molar refractivity (Wildman–Crippen MR) is 173 cm³/mol. The summed E-state index contributed by atoms with van der Waals surface area (Å²) in [6.45, 7) is 10.4. The topological polar surface area (TPSA) is 152 Å². The number of ether oxygens (including phenoxy) is 4. The highest BCUT2D eigenvalue weighted by Crippen LogP contribution is 2.41. The molecule has 0 aliphatic carbocycles. The third kappa shape index (κ3) is 11.5. The Morgan fingerprint density at radius 1 is 0.870 bits per heavy atom. The van der Waals surface area contributed by atoms with Gasteiger partial charge in [-0.3, -0.25) is 4.79 Å². The highest BCUT2D eigenvalue weighted by Gasteiger charge is 2.22. The van der Waals surface area contributed by atoms with Gasteiger partial charge in [0.05, 0.1) is 19.8 Å². The summed E-state index contributed by atoms with van der Waals surface area (Å²) in [5.74, 6) is -0.0381. The van der Waals surface area contributed by atoms with Crippen LogP contribution in [0.15, 0.2) is 77.4 Å². The number of para-hydroxylation sites is 2. The average molecular weight is 650 g/mol.